The molecule has 20 heavy (non-hydrogen) atoms. The van der Waals surface area contributed by atoms with Crippen LogP contribution in [0, 0.1) is 0 Å². The molecule has 2 aromatic carbocycles. The zero-order valence-corrected chi connectivity index (χ0v) is 11.4. The van der Waals surface area contributed by atoms with Gasteiger partial charge in [-0.15, -0.1) is 0 Å². The van der Waals surface area contributed by atoms with E-state index in [1.165, 1.54) is 5.56 Å². The molecule has 2 aromatic rings. The zero-order chi connectivity index (χ0) is 13.9. The van der Waals surface area contributed by atoms with Gasteiger partial charge in [-0.2, -0.15) is 0 Å². The van der Waals surface area contributed by atoms with E-state index < -0.39 is 0 Å². The van der Waals surface area contributed by atoms with Gasteiger partial charge in [0.1, 0.15) is 17.6 Å². The third kappa shape index (κ3) is 2.35. The Morgan fingerprint density at radius 2 is 2.10 bits per heavy atom. The van der Waals surface area contributed by atoms with Gasteiger partial charge in [-0.1, -0.05) is 30.3 Å². The van der Waals surface area contributed by atoms with Crippen LogP contribution in [0.3, 0.4) is 0 Å². The fourth-order valence-electron chi connectivity index (χ4n) is 2.65. The lowest BCUT2D eigenvalue weighted by Crippen LogP contribution is -2.38. The van der Waals surface area contributed by atoms with Crippen LogP contribution in [0.5, 0.6) is 11.5 Å². The van der Waals surface area contributed by atoms with E-state index in [2.05, 4.69) is 11.5 Å². The minimum Gasteiger partial charge on any atom is -0.497 e. The molecule has 1 heterocycles. The van der Waals surface area contributed by atoms with Crippen molar-refractivity contribution in [3.05, 3.63) is 59.7 Å². The van der Waals surface area contributed by atoms with E-state index in [0.717, 1.165) is 23.5 Å². The standard InChI is InChI=1S/C16H18N2O2/c1-19-13-7-4-6-12(9-13)16(18-17)15-10-11-5-2-3-8-14(11)20-15/h2-9,15-16,18H,10,17H2,1H3. The molecule has 1 aliphatic heterocycles. The summed E-state index contributed by atoms with van der Waals surface area (Å²) in [6, 6.07) is 15.9. The summed E-state index contributed by atoms with van der Waals surface area (Å²) in [5, 5.41) is 0. The minimum atomic E-state index is -0.0718. The molecule has 0 spiro atoms. The van der Waals surface area contributed by atoms with Gasteiger partial charge in [0.05, 0.1) is 13.2 Å². The van der Waals surface area contributed by atoms with Crippen molar-refractivity contribution in [1.82, 2.24) is 5.43 Å². The van der Waals surface area contributed by atoms with Gasteiger partial charge in [0.25, 0.3) is 0 Å². The quantitative estimate of drug-likeness (QED) is 0.660. The van der Waals surface area contributed by atoms with Crippen LogP contribution in [0.15, 0.2) is 48.5 Å². The molecule has 4 nitrogen and oxygen atoms in total. The van der Waals surface area contributed by atoms with Crippen molar-refractivity contribution < 1.29 is 9.47 Å². The Kier molecular flexibility index (Phi) is 3.58. The number of nitrogens with two attached hydrogens (primary N) is 1. The molecule has 3 N–H and O–H groups in total. The number of fused-ring (bicyclic) bond motifs is 1. The van der Waals surface area contributed by atoms with Gasteiger partial charge in [0.15, 0.2) is 0 Å². The van der Waals surface area contributed by atoms with Crippen molar-refractivity contribution in [2.24, 2.45) is 5.84 Å². The first-order valence-corrected chi connectivity index (χ1v) is 6.66. The Labute approximate surface area is 118 Å². The van der Waals surface area contributed by atoms with Gasteiger partial charge in [-0.3, -0.25) is 5.84 Å². The summed E-state index contributed by atoms with van der Waals surface area (Å²) in [6.45, 7) is 0. The number of nitrogens with one attached hydrogen (secondary N) is 1. The third-order valence-electron chi connectivity index (χ3n) is 3.68. The largest absolute Gasteiger partial charge is 0.497 e. The van der Waals surface area contributed by atoms with Crippen molar-refractivity contribution >= 4 is 0 Å². The average Bonchev–Trinajstić information content (AvgIpc) is 2.91. The normalized spacial score (nSPS) is 18.2. The molecule has 0 bridgehead atoms. The van der Waals surface area contributed by atoms with Crippen LogP contribution in [-0.2, 0) is 6.42 Å². The molecule has 3 rings (SSSR count). The van der Waals surface area contributed by atoms with Crippen molar-refractivity contribution in [2.45, 2.75) is 18.6 Å². The van der Waals surface area contributed by atoms with Crippen LogP contribution < -0.4 is 20.7 Å². The second-order valence-electron chi connectivity index (χ2n) is 4.89. The van der Waals surface area contributed by atoms with Crippen LogP contribution in [0.1, 0.15) is 17.2 Å². The number of hydrazine groups is 1. The Morgan fingerprint density at radius 3 is 2.85 bits per heavy atom. The highest BCUT2D eigenvalue weighted by Crippen LogP contribution is 2.34. The Hall–Kier alpha value is -2.04. The molecule has 2 atom stereocenters. The number of rotatable bonds is 4. The predicted molar refractivity (Wildman–Crippen MR) is 77.6 cm³/mol. The second-order valence-corrected chi connectivity index (χ2v) is 4.89. The lowest BCUT2D eigenvalue weighted by molar-refractivity contribution is 0.179. The highest BCUT2D eigenvalue weighted by atomic mass is 16.5. The van der Waals surface area contributed by atoms with E-state index in [-0.39, 0.29) is 12.1 Å². The molecule has 0 radical (unpaired) electrons. The molecule has 1 aliphatic rings. The number of hydrogen-bond donors (Lipinski definition) is 2. The fourth-order valence-corrected chi connectivity index (χ4v) is 2.65. The van der Waals surface area contributed by atoms with Crippen molar-refractivity contribution in [3.63, 3.8) is 0 Å². The molecular formula is C16H18N2O2. The van der Waals surface area contributed by atoms with E-state index in [4.69, 9.17) is 15.3 Å². The van der Waals surface area contributed by atoms with Crippen molar-refractivity contribution in [1.29, 1.82) is 0 Å². The molecule has 0 amide bonds. The summed E-state index contributed by atoms with van der Waals surface area (Å²) < 4.78 is 11.3. The Morgan fingerprint density at radius 1 is 1.25 bits per heavy atom. The Balaban J connectivity index is 1.85. The van der Waals surface area contributed by atoms with Crippen molar-refractivity contribution in [3.8, 4) is 11.5 Å². The lowest BCUT2D eigenvalue weighted by atomic mass is 9.98. The van der Waals surface area contributed by atoms with Crippen LogP contribution >= 0.6 is 0 Å². The summed E-state index contributed by atoms with van der Waals surface area (Å²) in [5.74, 6) is 7.50. The van der Waals surface area contributed by atoms with Crippen LogP contribution in [0.4, 0.5) is 0 Å². The van der Waals surface area contributed by atoms with E-state index in [9.17, 15) is 0 Å². The Bertz CT molecular complexity index is 576. The zero-order valence-electron chi connectivity index (χ0n) is 11.4. The van der Waals surface area contributed by atoms with E-state index >= 15 is 0 Å². The second kappa shape index (κ2) is 5.53. The van der Waals surface area contributed by atoms with Crippen LogP contribution in [0.2, 0.25) is 0 Å². The van der Waals surface area contributed by atoms with Gasteiger partial charge >= 0.3 is 0 Å². The van der Waals surface area contributed by atoms with Gasteiger partial charge in [-0.25, -0.2) is 5.43 Å². The average molecular weight is 270 g/mol. The molecule has 0 fully saturated rings. The summed E-state index contributed by atoms with van der Waals surface area (Å²) in [4.78, 5) is 0. The molecule has 0 saturated heterocycles. The summed E-state index contributed by atoms with van der Waals surface area (Å²) in [5.41, 5.74) is 5.15. The first-order chi connectivity index (χ1) is 9.81. The SMILES string of the molecule is COc1cccc(C(NN)C2Cc3ccccc3O2)c1. The predicted octanol–water partition coefficient (Wildman–Crippen LogP) is 2.20. The monoisotopic (exact) mass is 270 g/mol. The topological polar surface area (TPSA) is 56.5 Å². The third-order valence-corrected chi connectivity index (χ3v) is 3.68. The van der Waals surface area contributed by atoms with Crippen LogP contribution in [0.25, 0.3) is 0 Å². The van der Waals surface area contributed by atoms with Gasteiger partial charge in [-0.05, 0) is 29.3 Å². The van der Waals surface area contributed by atoms with E-state index in [0.29, 0.717) is 0 Å². The maximum atomic E-state index is 6.00. The summed E-state index contributed by atoms with van der Waals surface area (Å²) in [6.07, 6.45) is 0.840. The maximum absolute atomic E-state index is 6.00. The summed E-state index contributed by atoms with van der Waals surface area (Å²) >= 11 is 0. The molecule has 4 heteroatoms. The molecule has 0 aliphatic carbocycles. The van der Waals surface area contributed by atoms with Crippen molar-refractivity contribution in [2.75, 3.05) is 7.11 Å². The fraction of sp³-hybridized carbons (Fsp3) is 0.250. The summed E-state index contributed by atoms with van der Waals surface area (Å²) in [7, 11) is 1.66. The van der Waals surface area contributed by atoms with Gasteiger partial charge in [0.2, 0.25) is 0 Å². The number of hydrogen-bond acceptors (Lipinski definition) is 4. The first kappa shape index (κ1) is 13.0. The molecule has 104 valence electrons. The number of ether oxygens (including phenoxy) is 2. The maximum Gasteiger partial charge on any atom is 0.124 e. The van der Waals surface area contributed by atoms with Gasteiger partial charge < -0.3 is 9.47 Å². The minimum absolute atomic E-state index is 0.00972. The van der Waals surface area contributed by atoms with E-state index in [1.807, 2.05) is 42.5 Å². The molecule has 2 unspecified atom stereocenters. The highest BCUT2D eigenvalue weighted by Gasteiger charge is 2.30. The number of para-hydroxylation sites is 1. The molecule has 0 aromatic heterocycles. The molecular weight excluding hydrogens is 252 g/mol. The number of methoxy groups -OCH3 is 1. The van der Waals surface area contributed by atoms with E-state index in [1.54, 1.807) is 7.11 Å². The smallest absolute Gasteiger partial charge is 0.124 e. The highest BCUT2D eigenvalue weighted by molar-refractivity contribution is 5.39. The molecule has 0 saturated carbocycles. The van der Waals surface area contributed by atoms with Crippen LogP contribution in [-0.4, -0.2) is 13.2 Å². The lowest BCUT2D eigenvalue weighted by Gasteiger charge is -2.23. The van der Waals surface area contributed by atoms with Gasteiger partial charge in [0, 0.05) is 6.42 Å². The number of benzene rings is 2. The first-order valence-electron chi connectivity index (χ1n) is 6.66.